The maximum atomic E-state index is 11.8. The Hall–Kier alpha value is -1.71. The summed E-state index contributed by atoms with van der Waals surface area (Å²) in [6, 6.07) is 3.48. The zero-order valence-corrected chi connectivity index (χ0v) is 10.9. The van der Waals surface area contributed by atoms with Gasteiger partial charge in [-0.15, -0.1) is 0 Å². The summed E-state index contributed by atoms with van der Waals surface area (Å²) in [5, 5.41) is 4.31. The number of hydrogen-bond acceptors (Lipinski definition) is 3. The highest BCUT2D eigenvalue weighted by Gasteiger charge is 2.23. The first-order valence-electron chi connectivity index (χ1n) is 6.46. The maximum Gasteiger partial charge on any atom is 0.272 e. The van der Waals surface area contributed by atoms with E-state index in [1.54, 1.807) is 24.5 Å². The lowest BCUT2D eigenvalue weighted by atomic mass is 9.81. The molecule has 1 N–H and O–H groups in total. The van der Waals surface area contributed by atoms with Crippen LogP contribution in [0.3, 0.4) is 0 Å². The van der Waals surface area contributed by atoms with Gasteiger partial charge < -0.3 is 0 Å². The number of hydrogen-bond donors (Lipinski definition) is 1. The van der Waals surface area contributed by atoms with Crippen LogP contribution in [0.1, 0.15) is 43.5 Å². The molecule has 0 saturated heterocycles. The normalized spacial score (nSPS) is 23.6. The molecule has 4 nitrogen and oxygen atoms in total. The number of amides is 1. The Morgan fingerprint density at radius 1 is 1.39 bits per heavy atom. The Labute approximate surface area is 108 Å². The van der Waals surface area contributed by atoms with Gasteiger partial charge in [0.05, 0.1) is 5.56 Å². The predicted octanol–water partition coefficient (Wildman–Crippen LogP) is 2.62. The Kier molecular flexibility index (Phi) is 4.07. The molecule has 0 radical (unpaired) electrons. The summed E-state index contributed by atoms with van der Waals surface area (Å²) in [4.78, 5) is 15.8. The lowest BCUT2D eigenvalue weighted by Gasteiger charge is -2.26. The Morgan fingerprint density at radius 3 is 2.72 bits per heavy atom. The average Bonchev–Trinajstić information content (AvgIpc) is 2.39. The minimum absolute atomic E-state index is 0.194. The van der Waals surface area contributed by atoms with Gasteiger partial charge in [0.25, 0.3) is 5.91 Å². The van der Waals surface area contributed by atoms with E-state index in [-0.39, 0.29) is 5.91 Å². The number of rotatable bonds is 2. The highest BCUT2D eigenvalue weighted by Crippen LogP contribution is 2.25. The number of carbonyl (C=O) groups is 1. The van der Waals surface area contributed by atoms with Crippen LogP contribution in [0.15, 0.2) is 29.6 Å². The number of hydrazone groups is 1. The summed E-state index contributed by atoms with van der Waals surface area (Å²) >= 11 is 0. The van der Waals surface area contributed by atoms with Gasteiger partial charge in [-0.25, -0.2) is 5.43 Å². The number of pyridine rings is 1. The molecule has 0 bridgehead atoms. The van der Waals surface area contributed by atoms with E-state index in [2.05, 4.69) is 29.4 Å². The molecular weight excluding hydrogens is 226 g/mol. The van der Waals surface area contributed by atoms with Crippen molar-refractivity contribution < 1.29 is 4.79 Å². The van der Waals surface area contributed by atoms with Crippen molar-refractivity contribution in [3.05, 3.63) is 30.1 Å². The molecule has 1 amide bonds. The Balaban J connectivity index is 2.03. The summed E-state index contributed by atoms with van der Waals surface area (Å²) < 4.78 is 0. The second-order valence-corrected chi connectivity index (χ2v) is 4.95. The largest absolute Gasteiger partial charge is 0.272 e. The van der Waals surface area contributed by atoms with Crippen LogP contribution in [-0.4, -0.2) is 16.6 Å². The minimum atomic E-state index is -0.194. The molecule has 1 fully saturated rings. The van der Waals surface area contributed by atoms with Gasteiger partial charge in [-0.3, -0.25) is 9.78 Å². The standard InChI is InChI=1S/C14H19N3O/c1-10-5-3-6-11(2)13(10)16-17-14(18)12-7-4-8-15-9-12/h4,7-11H,3,5-6H2,1-2H3,(H,17,18)/t10-,11-/m0/s1. The molecule has 18 heavy (non-hydrogen) atoms. The molecule has 1 heterocycles. The van der Waals surface area contributed by atoms with Crippen molar-refractivity contribution in [2.45, 2.75) is 33.1 Å². The SMILES string of the molecule is C[C@H]1CCC[C@H](C)C1=NNC(=O)c1cccnc1. The number of nitrogens with zero attached hydrogens (tertiary/aromatic N) is 2. The van der Waals surface area contributed by atoms with Crippen molar-refractivity contribution in [3.8, 4) is 0 Å². The van der Waals surface area contributed by atoms with Crippen LogP contribution in [0, 0.1) is 11.8 Å². The van der Waals surface area contributed by atoms with Gasteiger partial charge in [-0.1, -0.05) is 20.3 Å². The molecule has 4 heteroatoms. The summed E-state index contributed by atoms with van der Waals surface area (Å²) in [6.07, 6.45) is 6.76. The van der Waals surface area contributed by atoms with Crippen LogP contribution in [0.5, 0.6) is 0 Å². The van der Waals surface area contributed by atoms with Crippen molar-refractivity contribution in [2.75, 3.05) is 0 Å². The van der Waals surface area contributed by atoms with E-state index in [1.807, 2.05) is 0 Å². The van der Waals surface area contributed by atoms with Gasteiger partial charge in [-0.2, -0.15) is 5.10 Å². The second-order valence-electron chi connectivity index (χ2n) is 4.95. The van der Waals surface area contributed by atoms with Crippen LogP contribution in [0.25, 0.3) is 0 Å². The molecule has 0 aliphatic heterocycles. The number of carbonyl (C=O) groups excluding carboxylic acids is 1. The van der Waals surface area contributed by atoms with Gasteiger partial charge >= 0.3 is 0 Å². The third kappa shape index (κ3) is 2.94. The van der Waals surface area contributed by atoms with E-state index >= 15 is 0 Å². The predicted molar refractivity (Wildman–Crippen MR) is 71.3 cm³/mol. The van der Waals surface area contributed by atoms with Crippen LogP contribution in [0.4, 0.5) is 0 Å². The zero-order valence-electron chi connectivity index (χ0n) is 10.9. The molecule has 1 aliphatic rings. The summed E-state index contributed by atoms with van der Waals surface area (Å²) in [5.41, 5.74) is 4.29. The molecule has 0 aromatic carbocycles. The van der Waals surface area contributed by atoms with E-state index < -0.39 is 0 Å². The molecule has 2 atom stereocenters. The van der Waals surface area contributed by atoms with Crippen molar-refractivity contribution in [1.82, 2.24) is 10.4 Å². The van der Waals surface area contributed by atoms with Gasteiger partial charge in [0.15, 0.2) is 0 Å². The van der Waals surface area contributed by atoms with Gasteiger partial charge in [0.1, 0.15) is 0 Å². The van der Waals surface area contributed by atoms with Crippen LogP contribution >= 0.6 is 0 Å². The quantitative estimate of drug-likeness (QED) is 0.814. The summed E-state index contributed by atoms with van der Waals surface area (Å²) in [6.45, 7) is 4.34. The lowest BCUT2D eigenvalue weighted by Crippen LogP contribution is -2.29. The Morgan fingerprint density at radius 2 is 2.11 bits per heavy atom. The fourth-order valence-electron chi connectivity index (χ4n) is 2.41. The average molecular weight is 245 g/mol. The fourth-order valence-corrected chi connectivity index (χ4v) is 2.41. The van der Waals surface area contributed by atoms with Gasteiger partial charge in [-0.05, 0) is 36.8 Å². The molecule has 1 aromatic rings. The third-order valence-electron chi connectivity index (χ3n) is 3.49. The van der Waals surface area contributed by atoms with Crippen LogP contribution in [-0.2, 0) is 0 Å². The summed E-state index contributed by atoms with van der Waals surface area (Å²) in [5.74, 6) is 0.728. The number of aromatic nitrogens is 1. The van der Waals surface area contributed by atoms with Crippen LogP contribution < -0.4 is 5.43 Å². The third-order valence-corrected chi connectivity index (χ3v) is 3.49. The smallest absolute Gasteiger partial charge is 0.267 e. The first-order valence-corrected chi connectivity index (χ1v) is 6.46. The summed E-state index contributed by atoms with van der Waals surface area (Å²) in [7, 11) is 0. The molecular formula is C14H19N3O. The van der Waals surface area contributed by atoms with E-state index in [4.69, 9.17) is 0 Å². The highest BCUT2D eigenvalue weighted by molar-refractivity contribution is 5.96. The van der Waals surface area contributed by atoms with E-state index in [1.165, 1.54) is 6.42 Å². The van der Waals surface area contributed by atoms with Crippen molar-refractivity contribution in [2.24, 2.45) is 16.9 Å². The first-order chi connectivity index (χ1) is 8.68. The molecule has 1 aromatic heterocycles. The first kappa shape index (κ1) is 12.7. The van der Waals surface area contributed by atoms with E-state index in [0.717, 1.165) is 18.6 Å². The van der Waals surface area contributed by atoms with Crippen molar-refractivity contribution in [3.63, 3.8) is 0 Å². The molecule has 0 spiro atoms. The molecule has 0 unspecified atom stereocenters. The Bertz CT molecular complexity index is 430. The highest BCUT2D eigenvalue weighted by atomic mass is 16.2. The monoisotopic (exact) mass is 245 g/mol. The van der Waals surface area contributed by atoms with E-state index in [9.17, 15) is 4.79 Å². The number of nitrogens with one attached hydrogen (secondary N) is 1. The van der Waals surface area contributed by atoms with Gasteiger partial charge in [0.2, 0.25) is 0 Å². The molecule has 1 saturated carbocycles. The topological polar surface area (TPSA) is 54.4 Å². The second kappa shape index (κ2) is 5.76. The maximum absolute atomic E-state index is 11.8. The van der Waals surface area contributed by atoms with Crippen molar-refractivity contribution in [1.29, 1.82) is 0 Å². The minimum Gasteiger partial charge on any atom is -0.267 e. The molecule has 1 aliphatic carbocycles. The lowest BCUT2D eigenvalue weighted by molar-refractivity contribution is 0.0954. The molecule has 96 valence electrons. The van der Waals surface area contributed by atoms with E-state index in [0.29, 0.717) is 17.4 Å². The van der Waals surface area contributed by atoms with Crippen LogP contribution in [0.2, 0.25) is 0 Å². The van der Waals surface area contributed by atoms with Crippen molar-refractivity contribution >= 4 is 11.6 Å². The zero-order chi connectivity index (χ0) is 13.0. The fraction of sp³-hybridized carbons (Fsp3) is 0.500. The molecule has 2 rings (SSSR count). The van der Waals surface area contributed by atoms with Gasteiger partial charge in [0, 0.05) is 18.1 Å².